The first-order chi connectivity index (χ1) is 12.5. The van der Waals surface area contributed by atoms with Gasteiger partial charge in [0.05, 0.1) is 26.4 Å². The molecule has 0 aromatic heterocycles. The Hall–Kier alpha value is -1.23. The maximum Gasteiger partial charge on any atom is 1.00 e. The number of ketones is 3. The van der Waals surface area contributed by atoms with E-state index in [1.807, 2.05) is 0 Å². The van der Waals surface area contributed by atoms with Crippen molar-refractivity contribution in [2.75, 3.05) is 26.4 Å². The minimum atomic E-state index is -0.954. The molecule has 27 heavy (non-hydrogen) atoms. The summed E-state index contributed by atoms with van der Waals surface area (Å²) in [6.45, 7) is 5.97. The van der Waals surface area contributed by atoms with Crippen LogP contribution in [-0.2, 0) is 23.9 Å². The molecule has 1 aliphatic heterocycles. The van der Waals surface area contributed by atoms with Crippen molar-refractivity contribution >= 4 is 17.3 Å². The number of Topliss-reactive ketones (excluding diaryl/α,β-unsaturated/α-hetero) is 3. The van der Waals surface area contributed by atoms with Crippen molar-refractivity contribution in [3.8, 4) is 0 Å². The summed E-state index contributed by atoms with van der Waals surface area (Å²) in [5.74, 6) is -0.389. The minimum absolute atomic E-state index is 0. The SMILES string of the molecule is CC(=O)CCC(C)=O.CC(=O)CCC1(C)OCC(CO)O1.OCC(O)CO.[H+]. The molecule has 0 saturated carbocycles. The Morgan fingerprint density at radius 2 is 1.44 bits per heavy atom. The van der Waals surface area contributed by atoms with E-state index >= 15 is 0 Å². The zero-order valence-electron chi connectivity index (χ0n) is 17.6. The molecule has 9 heteroatoms. The van der Waals surface area contributed by atoms with Crippen LogP contribution in [-0.4, -0.2) is 82.2 Å². The number of aliphatic hydroxyl groups is 4. The number of aliphatic hydroxyl groups excluding tert-OH is 4. The average molecular weight is 395 g/mol. The van der Waals surface area contributed by atoms with E-state index in [1.165, 1.54) is 13.8 Å². The fourth-order valence-corrected chi connectivity index (χ4v) is 1.72. The highest BCUT2D eigenvalue weighted by Gasteiger charge is 2.36. The monoisotopic (exact) mass is 395 g/mol. The summed E-state index contributed by atoms with van der Waals surface area (Å²) in [6, 6.07) is 0. The standard InChI is InChI=1S/C9H16O4.C6H10O2.C3H8O3/c1-7(11)3-4-9(2)12-6-8(5-10)13-9;1-5(7)3-4-6(2)8;4-1-3(6)2-5/h8,10H,3-6H2,1-2H3;3-4H2,1-2H3;3-6H,1-2H2/p+1. The molecule has 0 aromatic carbocycles. The van der Waals surface area contributed by atoms with Gasteiger partial charge in [-0.1, -0.05) is 0 Å². The van der Waals surface area contributed by atoms with Crippen molar-refractivity contribution < 1.29 is 45.7 Å². The second-order valence-electron chi connectivity index (χ2n) is 6.49. The lowest BCUT2D eigenvalue weighted by Crippen LogP contribution is -2.28. The maximum atomic E-state index is 10.7. The van der Waals surface area contributed by atoms with Crippen LogP contribution in [0.4, 0.5) is 0 Å². The van der Waals surface area contributed by atoms with E-state index in [9.17, 15) is 14.4 Å². The van der Waals surface area contributed by atoms with Gasteiger partial charge in [-0.2, -0.15) is 0 Å². The molecule has 0 spiro atoms. The molecule has 0 aromatic rings. The van der Waals surface area contributed by atoms with E-state index < -0.39 is 11.9 Å². The van der Waals surface area contributed by atoms with Crippen LogP contribution in [0.1, 0.15) is 54.8 Å². The number of hydrogen-bond acceptors (Lipinski definition) is 9. The second kappa shape index (κ2) is 15.8. The fraction of sp³-hybridized carbons (Fsp3) is 0.833. The summed E-state index contributed by atoms with van der Waals surface area (Å²) >= 11 is 0. The maximum absolute atomic E-state index is 10.7. The van der Waals surface area contributed by atoms with Gasteiger partial charge in [0.15, 0.2) is 5.79 Å². The van der Waals surface area contributed by atoms with Gasteiger partial charge in [-0.15, -0.1) is 0 Å². The normalized spacial score (nSPS) is 21.0. The van der Waals surface area contributed by atoms with Crippen LogP contribution >= 0.6 is 0 Å². The molecule has 0 aliphatic carbocycles. The van der Waals surface area contributed by atoms with Crippen molar-refractivity contribution in [2.24, 2.45) is 0 Å². The first-order valence-corrected chi connectivity index (χ1v) is 8.80. The lowest BCUT2D eigenvalue weighted by molar-refractivity contribution is -0.164. The molecular weight excluding hydrogens is 360 g/mol. The van der Waals surface area contributed by atoms with Crippen LogP contribution in [0.15, 0.2) is 0 Å². The van der Waals surface area contributed by atoms with Gasteiger partial charge in [-0.3, -0.25) is 0 Å². The molecule has 160 valence electrons. The molecule has 1 fully saturated rings. The zero-order chi connectivity index (χ0) is 21.5. The predicted octanol–water partition coefficient (Wildman–Crippen LogP) is -0.131. The Balaban J connectivity index is -0.000000361. The van der Waals surface area contributed by atoms with Crippen LogP contribution in [0.2, 0.25) is 0 Å². The van der Waals surface area contributed by atoms with Gasteiger partial charge >= 0.3 is 1.43 Å². The third-order valence-electron chi connectivity index (χ3n) is 3.38. The Kier molecular flexibility index (Phi) is 16.4. The van der Waals surface area contributed by atoms with E-state index in [0.29, 0.717) is 32.3 Å². The number of ether oxygens (including phenoxy) is 2. The summed E-state index contributed by atoms with van der Waals surface area (Å²) in [4.78, 5) is 31.1. The highest BCUT2D eigenvalue weighted by atomic mass is 16.7. The third-order valence-corrected chi connectivity index (χ3v) is 3.38. The first-order valence-electron chi connectivity index (χ1n) is 8.80. The van der Waals surface area contributed by atoms with Crippen LogP contribution in [0.25, 0.3) is 0 Å². The zero-order valence-corrected chi connectivity index (χ0v) is 16.6. The lowest BCUT2D eigenvalue weighted by Gasteiger charge is -2.22. The average Bonchev–Trinajstić information content (AvgIpc) is 3.00. The van der Waals surface area contributed by atoms with Crippen molar-refractivity contribution in [3.05, 3.63) is 0 Å². The van der Waals surface area contributed by atoms with E-state index in [2.05, 4.69) is 0 Å². The van der Waals surface area contributed by atoms with E-state index in [0.717, 1.165) is 0 Å². The van der Waals surface area contributed by atoms with Gasteiger partial charge in [0.2, 0.25) is 0 Å². The van der Waals surface area contributed by atoms with Gasteiger partial charge < -0.3 is 44.3 Å². The highest BCUT2D eigenvalue weighted by Crippen LogP contribution is 2.27. The van der Waals surface area contributed by atoms with Crippen LogP contribution in [0.5, 0.6) is 0 Å². The Morgan fingerprint density at radius 1 is 1.00 bits per heavy atom. The van der Waals surface area contributed by atoms with E-state index in [4.69, 9.17) is 29.9 Å². The third kappa shape index (κ3) is 17.9. The number of hydrogen-bond donors (Lipinski definition) is 4. The second-order valence-corrected chi connectivity index (χ2v) is 6.49. The van der Waals surface area contributed by atoms with Crippen molar-refractivity contribution in [1.82, 2.24) is 0 Å². The quantitative estimate of drug-likeness (QED) is 0.418. The number of carbonyl (C=O) groups excluding carboxylic acids is 3. The first kappa shape index (κ1) is 28.0. The molecule has 1 aliphatic rings. The van der Waals surface area contributed by atoms with Gasteiger partial charge in [0.25, 0.3) is 0 Å². The lowest BCUT2D eigenvalue weighted by atomic mass is 10.1. The molecule has 2 atom stereocenters. The highest BCUT2D eigenvalue weighted by molar-refractivity contribution is 5.83. The minimum Gasteiger partial charge on any atom is -0.394 e. The van der Waals surface area contributed by atoms with Gasteiger partial charge in [0, 0.05) is 25.7 Å². The molecule has 4 N–H and O–H groups in total. The van der Waals surface area contributed by atoms with Crippen molar-refractivity contribution in [3.63, 3.8) is 0 Å². The number of rotatable bonds is 9. The largest absolute Gasteiger partial charge is 1.00 e. The van der Waals surface area contributed by atoms with Crippen molar-refractivity contribution in [2.45, 2.75) is 71.4 Å². The Bertz CT molecular complexity index is 427. The fourth-order valence-electron chi connectivity index (χ4n) is 1.72. The summed E-state index contributed by atoms with van der Waals surface area (Å²) in [5.41, 5.74) is 0. The van der Waals surface area contributed by atoms with E-state index in [1.54, 1.807) is 13.8 Å². The molecule has 0 amide bonds. The van der Waals surface area contributed by atoms with Crippen molar-refractivity contribution in [1.29, 1.82) is 0 Å². The summed E-state index contributed by atoms with van der Waals surface area (Å²) < 4.78 is 10.8. The molecule has 1 heterocycles. The van der Waals surface area contributed by atoms with Gasteiger partial charge in [-0.25, -0.2) is 0 Å². The van der Waals surface area contributed by atoms with Gasteiger partial charge in [-0.05, 0) is 27.7 Å². The van der Waals surface area contributed by atoms with Crippen LogP contribution in [0, 0.1) is 0 Å². The molecule has 9 nitrogen and oxygen atoms in total. The Labute approximate surface area is 161 Å². The molecule has 0 bridgehead atoms. The molecule has 1 saturated heterocycles. The smallest absolute Gasteiger partial charge is 0.394 e. The van der Waals surface area contributed by atoms with Gasteiger partial charge in [0.1, 0.15) is 29.6 Å². The molecule has 2 unspecified atom stereocenters. The summed E-state index contributed by atoms with van der Waals surface area (Å²) in [7, 11) is 0. The predicted molar refractivity (Wildman–Crippen MR) is 98.1 cm³/mol. The van der Waals surface area contributed by atoms with E-state index in [-0.39, 0.29) is 44.7 Å². The molecular formula is C18H35O9+. The molecule has 0 radical (unpaired) electrons. The summed E-state index contributed by atoms with van der Waals surface area (Å²) in [6.07, 6.45) is 0.611. The number of carbonyl (C=O) groups is 3. The summed E-state index contributed by atoms with van der Waals surface area (Å²) in [5, 5.41) is 32.8. The van der Waals surface area contributed by atoms with Crippen LogP contribution < -0.4 is 0 Å². The Morgan fingerprint density at radius 3 is 1.70 bits per heavy atom. The van der Waals surface area contributed by atoms with Crippen LogP contribution in [0.3, 0.4) is 0 Å². The topological polar surface area (TPSA) is 151 Å². The molecule has 1 rings (SSSR count).